The summed E-state index contributed by atoms with van der Waals surface area (Å²) in [6.07, 6.45) is 4.25. The van der Waals surface area contributed by atoms with Crippen LogP contribution in [0.1, 0.15) is 50.7 Å². The third kappa shape index (κ3) is 2.03. The zero-order valence-electron chi connectivity index (χ0n) is 11.9. The summed E-state index contributed by atoms with van der Waals surface area (Å²) in [7, 11) is 1.67. The minimum atomic E-state index is -0.707. The molecule has 0 saturated heterocycles. The molecule has 1 unspecified atom stereocenters. The molecule has 1 N–H and O–H groups in total. The topological polar surface area (TPSA) is 29.5 Å². The molecule has 0 radical (unpaired) electrons. The summed E-state index contributed by atoms with van der Waals surface area (Å²) in [6.45, 7) is 6.41. The second-order valence-corrected chi connectivity index (χ2v) is 6.13. The first kappa shape index (κ1) is 13.4. The van der Waals surface area contributed by atoms with Gasteiger partial charge in [0.1, 0.15) is 5.75 Å². The monoisotopic (exact) mass is 248 g/mol. The van der Waals surface area contributed by atoms with Crippen LogP contribution in [-0.4, -0.2) is 12.2 Å². The predicted molar refractivity (Wildman–Crippen MR) is 73.9 cm³/mol. The van der Waals surface area contributed by atoms with Crippen LogP contribution in [0.4, 0.5) is 0 Å². The number of hydrogen-bond donors (Lipinski definition) is 1. The van der Waals surface area contributed by atoms with Crippen molar-refractivity contribution in [1.29, 1.82) is 0 Å². The van der Waals surface area contributed by atoms with Gasteiger partial charge in [-0.25, -0.2) is 0 Å². The molecule has 0 aromatic heterocycles. The molecule has 2 rings (SSSR count). The Morgan fingerprint density at radius 2 is 1.83 bits per heavy atom. The third-order valence-corrected chi connectivity index (χ3v) is 4.59. The van der Waals surface area contributed by atoms with Crippen LogP contribution in [0.15, 0.2) is 18.2 Å². The molecule has 2 nitrogen and oxygen atoms in total. The van der Waals surface area contributed by atoms with Crippen LogP contribution < -0.4 is 4.74 Å². The van der Waals surface area contributed by atoms with Gasteiger partial charge in [0.2, 0.25) is 0 Å². The minimum absolute atomic E-state index is 0.0649. The van der Waals surface area contributed by atoms with Crippen molar-refractivity contribution in [2.24, 2.45) is 5.41 Å². The number of rotatable bonds is 2. The van der Waals surface area contributed by atoms with Crippen LogP contribution in [0.25, 0.3) is 0 Å². The second-order valence-electron chi connectivity index (χ2n) is 6.13. The van der Waals surface area contributed by atoms with Crippen LogP contribution in [0.2, 0.25) is 0 Å². The summed E-state index contributed by atoms with van der Waals surface area (Å²) in [4.78, 5) is 0. The van der Waals surface area contributed by atoms with Crippen LogP contribution in [0, 0.1) is 12.3 Å². The molecule has 100 valence electrons. The van der Waals surface area contributed by atoms with Gasteiger partial charge >= 0.3 is 0 Å². The molecule has 0 bridgehead atoms. The highest BCUT2D eigenvalue weighted by Crippen LogP contribution is 2.51. The Kier molecular flexibility index (Phi) is 3.41. The molecule has 18 heavy (non-hydrogen) atoms. The Labute approximate surface area is 110 Å². The maximum absolute atomic E-state index is 11.2. The molecule has 1 saturated carbocycles. The Morgan fingerprint density at radius 1 is 1.17 bits per heavy atom. The molecular weight excluding hydrogens is 224 g/mol. The molecule has 0 aliphatic heterocycles. The summed E-state index contributed by atoms with van der Waals surface area (Å²) in [5.74, 6) is 0.855. The molecule has 0 heterocycles. The Bertz CT molecular complexity index is 437. The van der Waals surface area contributed by atoms with E-state index in [0.29, 0.717) is 0 Å². The Morgan fingerprint density at radius 3 is 2.39 bits per heavy atom. The molecule has 1 aromatic rings. The van der Waals surface area contributed by atoms with Gasteiger partial charge in [0.25, 0.3) is 0 Å². The molecule has 1 fully saturated rings. The largest absolute Gasteiger partial charge is 0.497 e. The number of methoxy groups -OCH3 is 1. The number of benzene rings is 1. The Hall–Kier alpha value is -1.02. The lowest BCUT2D eigenvalue weighted by Gasteiger charge is -2.47. The fourth-order valence-corrected chi connectivity index (χ4v) is 3.22. The summed E-state index contributed by atoms with van der Waals surface area (Å²) in [5, 5.41) is 11.2. The van der Waals surface area contributed by atoms with E-state index in [1.54, 1.807) is 7.11 Å². The number of hydrogen-bond acceptors (Lipinski definition) is 2. The van der Waals surface area contributed by atoms with Gasteiger partial charge < -0.3 is 9.84 Å². The van der Waals surface area contributed by atoms with Crippen LogP contribution in [0.3, 0.4) is 0 Å². The van der Waals surface area contributed by atoms with Crippen molar-refractivity contribution in [2.45, 2.75) is 52.1 Å². The van der Waals surface area contributed by atoms with Gasteiger partial charge in [0, 0.05) is 0 Å². The van der Waals surface area contributed by atoms with Gasteiger partial charge in [0.15, 0.2) is 0 Å². The van der Waals surface area contributed by atoms with Gasteiger partial charge in [-0.1, -0.05) is 32.8 Å². The van der Waals surface area contributed by atoms with E-state index in [1.165, 1.54) is 6.42 Å². The van der Waals surface area contributed by atoms with Crippen LogP contribution in [0.5, 0.6) is 5.75 Å². The average Bonchev–Trinajstić information content (AvgIpc) is 2.32. The van der Waals surface area contributed by atoms with Crippen molar-refractivity contribution in [3.05, 3.63) is 29.3 Å². The van der Waals surface area contributed by atoms with Gasteiger partial charge in [-0.15, -0.1) is 0 Å². The van der Waals surface area contributed by atoms with E-state index >= 15 is 0 Å². The van der Waals surface area contributed by atoms with E-state index in [2.05, 4.69) is 20.8 Å². The summed E-state index contributed by atoms with van der Waals surface area (Å²) < 4.78 is 5.24. The maximum atomic E-state index is 11.2. The molecular formula is C16H24O2. The molecule has 0 amide bonds. The molecule has 0 spiro atoms. The van der Waals surface area contributed by atoms with Crippen molar-refractivity contribution in [3.63, 3.8) is 0 Å². The van der Waals surface area contributed by atoms with Crippen LogP contribution >= 0.6 is 0 Å². The number of aliphatic hydroxyl groups is 1. The lowest BCUT2D eigenvalue weighted by Crippen LogP contribution is -2.44. The zero-order chi connectivity index (χ0) is 13.4. The lowest BCUT2D eigenvalue weighted by molar-refractivity contribution is -0.104. The van der Waals surface area contributed by atoms with Crippen molar-refractivity contribution < 1.29 is 9.84 Å². The highest BCUT2D eigenvalue weighted by Gasteiger charge is 2.46. The van der Waals surface area contributed by atoms with Crippen molar-refractivity contribution in [1.82, 2.24) is 0 Å². The lowest BCUT2D eigenvalue weighted by atomic mass is 9.62. The van der Waals surface area contributed by atoms with E-state index < -0.39 is 5.60 Å². The van der Waals surface area contributed by atoms with E-state index in [1.807, 2.05) is 18.2 Å². The van der Waals surface area contributed by atoms with E-state index in [0.717, 1.165) is 36.1 Å². The first-order valence-corrected chi connectivity index (χ1v) is 6.78. The van der Waals surface area contributed by atoms with Crippen molar-refractivity contribution in [3.8, 4) is 5.75 Å². The number of aryl methyl sites for hydroxylation is 1. The first-order chi connectivity index (χ1) is 8.40. The molecule has 1 aliphatic rings. The second kappa shape index (κ2) is 4.58. The Balaban J connectivity index is 2.46. The predicted octanol–water partition coefficient (Wildman–Crippen LogP) is 3.79. The van der Waals surface area contributed by atoms with E-state index in [4.69, 9.17) is 4.74 Å². The highest BCUT2D eigenvalue weighted by molar-refractivity contribution is 5.39. The zero-order valence-corrected chi connectivity index (χ0v) is 11.9. The quantitative estimate of drug-likeness (QED) is 0.862. The molecule has 1 atom stereocenters. The van der Waals surface area contributed by atoms with Gasteiger partial charge in [-0.05, 0) is 48.4 Å². The van der Waals surface area contributed by atoms with E-state index in [-0.39, 0.29) is 5.41 Å². The highest BCUT2D eigenvalue weighted by atomic mass is 16.5. The normalized spacial score (nSPS) is 26.9. The maximum Gasteiger partial charge on any atom is 0.119 e. The summed E-state index contributed by atoms with van der Waals surface area (Å²) in [6, 6.07) is 5.99. The van der Waals surface area contributed by atoms with Gasteiger partial charge in [-0.3, -0.25) is 0 Å². The molecule has 1 aliphatic carbocycles. The minimum Gasteiger partial charge on any atom is -0.497 e. The standard InChI is InChI=1S/C16H24O2/c1-12-11-13(18-4)7-8-14(12)16(17)10-6-5-9-15(16,2)3/h7-8,11,17H,5-6,9-10H2,1-4H3. The third-order valence-electron chi connectivity index (χ3n) is 4.59. The van der Waals surface area contributed by atoms with E-state index in [9.17, 15) is 5.11 Å². The molecule has 2 heteroatoms. The summed E-state index contributed by atoms with van der Waals surface area (Å²) >= 11 is 0. The first-order valence-electron chi connectivity index (χ1n) is 6.78. The molecule has 1 aromatic carbocycles. The summed E-state index contributed by atoms with van der Waals surface area (Å²) in [5.41, 5.74) is 1.41. The van der Waals surface area contributed by atoms with Crippen molar-refractivity contribution in [2.75, 3.05) is 7.11 Å². The smallest absolute Gasteiger partial charge is 0.119 e. The van der Waals surface area contributed by atoms with Gasteiger partial charge in [0.05, 0.1) is 12.7 Å². The average molecular weight is 248 g/mol. The fraction of sp³-hybridized carbons (Fsp3) is 0.625. The van der Waals surface area contributed by atoms with Crippen molar-refractivity contribution >= 4 is 0 Å². The SMILES string of the molecule is COc1ccc(C2(O)CCCCC2(C)C)c(C)c1. The fourth-order valence-electron chi connectivity index (χ4n) is 3.22. The van der Waals surface area contributed by atoms with Gasteiger partial charge in [-0.2, -0.15) is 0 Å². The van der Waals surface area contributed by atoms with Crippen LogP contribution in [-0.2, 0) is 5.60 Å². The number of ether oxygens (including phenoxy) is 1.